The van der Waals surface area contributed by atoms with Crippen molar-refractivity contribution in [3.63, 3.8) is 0 Å². The Hall–Kier alpha value is -0.910. The van der Waals surface area contributed by atoms with Crippen LogP contribution >= 0.6 is 0 Å². The van der Waals surface area contributed by atoms with E-state index in [-0.39, 0.29) is 12.1 Å². The van der Waals surface area contributed by atoms with Crippen LogP contribution in [0.2, 0.25) is 0 Å². The van der Waals surface area contributed by atoms with Gasteiger partial charge in [-0.25, -0.2) is 0 Å². The lowest BCUT2D eigenvalue weighted by atomic mass is 10.0. The Morgan fingerprint density at radius 1 is 1.37 bits per heavy atom. The minimum atomic E-state index is 0.122. The van der Waals surface area contributed by atoms with Gasteiger partial charge in [0.2, 0.25) is 0 Å². The minimum absolute atomic E-state index is 0.122. The normalized spacial score (nSPS) is 14.6. The Kier molecular flexibility index (Phi) is 7.05. The second kappa shape index (κ2) is 8.30. The van der Waals surface area contributed by atoms with Gasteiger partial charge in [-0.2, -0.15) is 5.10 Å². The monoisotopic (exact) mass is 268 g/mol. The number of hydrazine groups is 1. The number of aryl methyl sites for hydroxylation is 2. The number of aromatic nitrogens is 2. The third-order valence-electron chi connectivity index (χ3n) is 3.45. The van der Waals surface area contributed by atoms with E-state index in [1.807, 2.05) is 6.92 Å². The molecule has 0 aliphatic rings. The molecule has 0 amide bonds. The van der Waals surface area contributed by atoms with Gasteiger partial charge in [-0.1, -0.05) is 13.8 Å². The molecule has 1 aromatic heterocycles. The molecule has 3 N–H and O–H groups in total. The van der Waals surface area contributed by atoms with Gasteiger partial charge in [0.05, 0.1) is 17.8 Å². The molecule has 0 saturated heterocycles. The molecule has 1 aromatic rings. The van der Waals surface area contributed by atoms with Crippen LogP contribution in [0, 0.1) is 0 Å². The summed E-state index contributed by atoms with van der Waals surface area (Å²) in [4.78, 5) is 0. The summed E-state index contributed by atoms with van der Waals surface area (Å²) < 4.78 is 7.81. The van der Waals surface area contributed by atoms with E-state index >= 15 is 0 Å². The molecule has 1 heterocycles. The predicted molar refractivity (Wildman–Crippen MR) is 77.8 cm³/mol. The lowest BCUT2D eigenvalue weighted by Crippen LogP contribution is -2.46. The smallest absolute Gasteiger partial charge is 0.0742 e. The van der Waals surface area contributed by atoms with E-state index in [1.165, 1.54) is 5.69 Å². The molecule has 5 nitrogen and oxygen atoms in total. The summed E-state index contributed by atoms with van der Waals surface area (Å²) in [6.07, 6.45) is 2.89. The highest BCUT2D eigenvalue weighted by atomic mass is 16.5. The zero-order chi connectivity index (χ0) is 14.3. The first-order valence-corrected chi connectivity index (χ1v) is 7.33. The van der Waals surface area contributed by atoms with Gasteiger partial charge in [-0.3, -0.25) is 16.0 Å². The van der Waals surface area contributed by atoms with Crippen LogP contribution in [0.3, 0.4) is 0 Å². The number of nitrogens with zero attached hydrogens (tertiary/aromatic N) is 2. The Morgan fingerprint density at radius 2 is 2.11 bits per heavy atom. The molecule has 2 atom stereocenters. The highest BCUT2D eigenvalue weighted by Crippen LogP contribution is 2.13. The lowest BCUT2D eigenvalue weighted by Gasteiger charge is -2.25. The first-order chi connectivity index (χ1) is 9.19. The number of ether oxygens (including phenoxy) is 1. The van der Waals surface area contributed by atoms with E-state index in [0.29, 0.717) is 6.61 Å². The van der Waals surface area contributed by atoms with Gasteiger partial charge in [0.25, 0.3) is 0 Å². The second-order valence-electron chi connectivity index (χ2n) is 4.68. The van der Waals surface area contributed by atoms with Crippen LogP contribution in [0.4, 0.5) is 0 Å². The Morgan fingerprint density at radius 3 is 2.58 bits per heavy atom. The minimum Gasteiger partial charge on any atom is -0.377 e. The van der Waals surface area contributed by atoms with Gasteiger partial charge in [-0.15, -0.1) is 0 Å². The average molecular weight is 268 g/mol. The number of hydrogen-bond acceptors (Lipinski definition) is 4. The molecular weight excluding hydrogens is 240 g/mol. The van der Waals surface area contributed by atoms with Crippen molar-refractivity contribution in [3.8, 4) is 0 Å². The molecule has 0 aliphatic carbocycles. The predicted octanol–water partition coefficient (Wildman–Crippen LogP) is 1.65. The summed E-state index contributed by atoms with van der Waals surface area (Å²) in [6, 6.07) is 2.30. The zero-order valence-electron chi connectivity index (χ0n) is 12.6. The van der Waals surface area contributed by atoms with Crippen molar-refractivity contribution in [1.29, 1.82) is 0 Å². The molecule has 0 bridgehead atoms. The molecule has 0 aliphatic heterocycles. The fourth-order valence-corrected chi connectivity index (χ4v) is 2.38. The van der Waals surface area contributed by atoms with Crippen LogP contribution in [0.25, 0.3) is 0 Å². The molecule has 2 unspecified atom stereocenters. The third-order valence-corrected chi connectivity index (χ3v) is 3.45. The summed E-state index contributed by atoms with van der Waals surface area (Å²) in [6.45, 7) is 9.98. The zero-order valence-corrected chi connectivity index (χ0v) is 12.6. The van der Waals surface area contributed by atoms with Crippen LogP contribution in [-0.2, 0) is 24.1 Å². The Labute approximate surface area is 116 Å². The molecule has 110 valence electrons. The topological polar surface area (TPSA) is 65.1 Å². The maximum Gasteiger partial charge on any atom is 0.0742 e. The quantitative estimate of drug-likeness (QED) is 0.528. The number of nitrogens with one attached hydrogen (secondary N) is 1. The van der Waals surface area contributed by atoms with Gasteiger partial charge in [0, 0.05) is 25.3 Å². The van der Waals surface area contributed by atoms with E-state index in [2.05, 4.69) is 42.0 Å². The van der Waals surface area contributed by atoms with Gasteiger partial charge in [0.1, 0.15) is 0 Å². The van der Waals surface area contributed by atoms with Crippen LogP contribution in [0.15, 0.2) is 6.07 Å². The van der Waals surface area contributed by atoms with Crippen molar-refractivity contribution in [1.82, 2.24) is 15.2 Å². The SMILES string of the molecule is CCOC(CC)C(Cc1cc(CC)nn1CC)NN. The standard InChI is InChI=1S/C14H28N4O/c1-5-11-9-12(18(7-3)17-11)10-13(16-15)14(6-2)19-8-4/h9,13-14,16H,5-8,10,15H2,1-4H3. The lowest BCUT2D eigenvalue weighted by molar-refractivity contribution is 0.0314. The van der Waals surface area contributed by atoms with Crippen molar-refractivity contribution in [2.24, 2.45) is 5.84 Å². The molecule has 19 heavy (non-hydrogen) atoms. The molecule has 0 fully saturated rings. The largest absolute Gasteiger partial charge is 0.377 e. The fourth-order valence-electron chi connectivity index (χ4n) is 2.38. The molecule has 5 heteroatoms. The summed E-state index contributed by atoms with van der Waals surface area (Å²) >= 11 is 0. The summed E-state index contributed by atoms with van der Waals surface area (Å²) in [5, 5.41) is 4.57. The van der Waals surface area contributed by atoms with Crippen LogP contribution in [-0.4, -0.2) is 28.5 Å². The third kappa shape index (κ3) is 4.30. The van der Waals surface area contributed by atoms with Crippen molar-refractivity contribution < 1.29 is 4.74 Å². The molecule has 0 radical (unpaired) electrons. The molecule has 0 aromatic carbocycles. The van der Waals surface area contributed by atoms with Gasteiger partial charge < -0.3 is 4.74 Å². The molecular formula is C14H28N4O. The second-order valence-corrected chi connectivity index (χ2v) is 4.68. The van der Waals surface area contributed by atoms with Crippen LogP contribution in [0.5, 0.6) is 0 Å². The van der Waals surface area contributed by atoms with Gasteiger partial charge >= 0.3 is 0 Å². The summed E-state index contributed by atoms with van der Waals surface area (Å²) in [7, 11) is 0. The van der Waals surface area contributed by atoms with E-state index in [9.17, 15) is 0 Å². The van der Waals surface area contributed by atoms with Crippen molar-refractivity contribution in [2.45, 2.75) is 65.6 Å². The number of nitrogens with two attached hydrogens (primary N) is 1. The maximum atomic E-state index is 5.75. The molecule has 0 saturated carbocycles. The summed E-state index contributed by atoms with van der Waals surface area (Å²) in [5.74, 6) is 5.70. The highest BCUT2D eigenvalue weighted by Gasteiger charge is 2.21. The van der Waals surface area contributed by atoms with E-state index < -0.39 is 0 Å². The Balaban J connectivity index is 2.81. The molecule has 1 rings (SSSR count). The first-order valence-electron chi connectivity index (χ1n) is 7.33. The van der Waals surface area contributed by atoms with Gasteiger partial charge in [-0.05, 0) is 32.8 Å². The van der Waals surface area contributed by atoms with Crippen molar-refractivity contribution in [2.75, 3.05) is 6.61 Å². The van der Waals surface area contributed by atoms with Crippen molar-refractivity contribution in [3.05, 3.63) is 17.5 Å². The van der Waals surface area contributed by atoms with E-state index in [4.69, 9.17) is 10.6 Å². The first kappa shape index (κ1) is 16.1. The van der Waals surface area contributed by atoms with Crippen LogP contribution < -0.4 is 11.3 Å². The maximum absolute atomic E-state index is 5.75. The fraction of sp³-hybridized carbons (Fsp3) is 0.786. The van der Waals surface area contributed by atoms with E-state index in [0.717, 1.165) is 31.5 Å². The van der Waals surface area contributed by atoms with Crippen molar-refractivity contribution >= 4 is 0 Å². The van der Waals surface area contributed by atoms with Crippen LogP contribution in [0.1, 0.15) is 45.5 Å². The average Bonchev–Trinajstić information content (AvgIpc) is 2.84. The number of hydrogen-bond donors (Lipinski definition) is 2. The van der Waals surface area contributed by atoms with Gasteiger partial charge in [0.15, 0.2) is 0 Å². The van der Waals surface area contributed by atoms with E-state index in [1.54, 1.807) is 0 Å². The summed E-state index contributed by atoms with van der Waals surface area (Å²) in [5.41, 5.74) is 5.26. The highest BCUT2D eigenvalue weighted by molar-refractivity contribution is 5.12. The Bertz CT molecular complexity index is 364. The number of rotatable bonds is 9. The molecule has 0 spiro atoms.